The molecule has 1 amide bonds. The first-order valence-corrected chi connectivity index (χ1v) is 9.50. The van der Waals surface area contributed by atoms with E-state index in [1.54, 1.807) is 0 Å². The predicted molar refractivity (Wildman–Crippen MR) is 106 cm³/mol. The van der Waals surface area contributed by atoms with Crippen LogP contribution in [0.25, 0.3) is 11.3 Å². The van der Waals surface area contributed by atoms with Gasteiger partial charge >= 0.3 is 0 Å². The Hall–Kier alpha value is -2.60. The van der Waals surface area contributed by atoms with Gasteiger partial charge in [0, 0.05) is 23.3 Å². The third-order valence-corrected chi connectivity index (χ3v) is 4.92. The van der Waals surface area contributed by atoms with Crippen LogP contribution in [0.5, 0.6) is 0 Å². The highest BCUT2D eigenvalue weighted by Gasteiger charge is 2.15. The molecule has 6 heteroatoms. The molecule has 3 rings (SSSR count). The first-order chi connectivity index (χ1) is 12.5. The van der Waals surface area contributed by atoms with Crippen molar-refractivity contribution in [3.05, 3.63) is 59.0 Å². The fourth-order valence-electron chi connectivity index (χ4n) is 2.68. The molecule has 134 valence electrons. The Balaban J connectivity index is 1.87. The molecule has 0 aliphatic carbocycles. The monoisotopic (exact) mass is 366 g/mol. The topological polar surface area (TPSA) is 67.8 Å². The van der Waals surface area contributed by atoms with Crippen LogP contribution >= 0.6 is 11.3 Å². The molecule has 2 aromatic heterocycles. The molecule has 0 unspecified atom stereocenters. The summed E-state index contributed by atoms with van der Waals surface area (Å²) in [5, 5.41) is 5.32. The molecule has 26 heavy (non-hydrogen) atoms. The molecular formula is C20H22N4OS. The number of benzene rings is 1. The molecule has 0 aliphatic rings. The molecule has 3 aromatic rings. The van der Waals surface area contributed by atoms with Gasteiger partial charge < -0.3 is 0 Å². The van der Waals surface area contributed by atoms with Crippen LogP contribution in [0.4, 0.5) is 5.13 Å². The van der Waals surface area contributed by atoms with Crippen molar-refractivity contribution in [2.45, 2.75) is 39.5 Å². The van der Waals surface area contributed by atoms with E-state index in [2.05, 4.69) is 66.2 Å². The smallest absolute Gasteiger partial charge is 0.277 e. The van der Waals surface area contributed by atoms with Crippen molar-refractivity contribution in [1.29, 1.82) is 0 Å². The van der Waals surface area contributed by atoms with Crippen molar-refractivity contribution in [2.24, 2.45) is 0 Å². The highest BCUT2D eigenvalue weighted by molar-refractivity contribution is 7.14. The number of carbonyl (C=O) groups is 1. The van der Waals surface area contributed by atoms with Gasteiger partial charge in [0.05, 0.1) is 11.9 Å². The summed E-state index contributed by atoms with van der Waals surface area (Å²) in [6.45, 7) is 8.77. The van der Waals surface area contributed by atoms with E-state index in [0.717, 1.165) is 11.3 Å². The number of carbonyl (C=O) groups excluding carboxylic acids is 1. The zero-order chi connectivity index (χ0) is 18.7. The zero-order valence-corrected chi connectivity index (χ0v) is 16.2. The van der Waals surface area contributed by atoms with Crippen LogP contribution in [-0.2, 0) is 0 Å². The first kappa shape index (κ1) is 18.2. The van der Waals surface area contributed by atoms with Crippen LogP contribution in [0, 0.1) is 0 Å². The van der Waals surface area contributed by atoms with E-state index in [1.165, 1.54) is 41.1 Å². The molecule has 0 aliphatic heterocycles. The number of aromatic nitrogens is 3. The molecule has 0 saturated heterocycles. The number of rotatable bonds is 5. The zero-order valence-electron chi connectivity index (χ0n) is 15.4. The van der Waals surface area contributed by atoms with Crippen molar-refractivity contribution in [1.82, 2.24) is 15.0 Å². The number of anilines is 1. The molecule has 0 spiro atoms. The molecule has 2 heterocycles. The van der Waals surface area contributed by atoms with Gasteiger partial charge in [-0.1, -0.05) is 45.9 Å². The number of nitrogens with zero attached hydrogens (tertiary/aromatic N) is 3. The van der Waals surface area contributed by atoms with E-state index in [4.69, 9.17) is 0 Å². The minimum absolute atomic E-state index is 0.272. The Labute approximate surface area is 157 Å². The molecule has 0 radical (unpaired) electrons. The molecule has 1 aromatic carbocycles. The van der Waals surface area contributed by atoms with Crippen molar-refractivity contribution in [3.63, 3.8) is 0 Å². The number of nitrogens with one attached hydrogen (secondary N) is 1. The van der Waals surface area contributed by atoms with E-state index >= 15 is 0 Å². The van der Waals surface area contributed by atoms with Gasteiger partial charge in [-0.2, -0.15) is 0 Å². The summed E-state index contributed by atoms with van der Waals surface area (Å²) in [5.41, 5.74) is 4.86. The maximum Gasteiger partial charge on any atom is 0.277 e. The van der Waals surface area contributed by atoms with Crippen LogP contribution in [-0.4, -0.2) is 20.9 Å². The average molecular weight is 366 g/mol. The summed E-state index contributed by atoms with van der Waals surface area (Å²) >= 11 is 1.41. The number of amides is 1. The predicted octanol–water partition coefficient (Wildman–Crippen LogP) is 5.10. The van der Waals surface area contributed by atoms with Gasteiger partial charge in [0.1, 0.15) is 5.69 Å². The van der Waals surface area contributed by atoms with Gasteiger partial charge in [-0.25, -0.2) is 9.97 Å². The van der Waals surface area contributed by atoms with Gasteiger partial charge in [0.15, 0.2) is 5.13 Å². The lowest BCUT2D eigenvalue weighted by Gasteiger charge is -2.15. The normalized spacial score (nSPS) is 11.2. The van der Waals surface area contributed by atoms with Crippen LogP contribution < -0.4 is 5.32 Å². The van der Waals surface area contributed by atoms with Crippen molar-refractivity contribution >= 4 is 22.4 Å². The van der Waals surface area contributed by atoms with Gasteiger partial charge in [-0.3, -0.25) is 15.1 Å². The summed E-state index contributed by atoms with van der Waals surface area (Å²) < 4.78 is 0. The van der Waals surface area contributed by atoms with Gasteiger partial charge in [0.25, 0.3) is 5.91 Å². The maximum atomic E-state index is 12.2. The first-order valence-electron chi connectivity index (χ1n) is 8.62. The fraction of sp³-hybridized carbons (Fsp3) is 0.300. The molecule has 0 fully saturated rings. The SMILES string of the molecule is CC(C)c1ccc(-c2csc(NC(=O)c3cnccn3)n2)c(C(C)C)c1. The number of hydrogen-bond acceptors (Lipinski definition) is 5. The second-order valence-electron chi connectivity index (χ2n) is 6.74. The Bertz CT molecular complexity index is 903. The molecular weight excluding hydrogens is 344 g/mol. The lowest BCUT2D eigenvalue weighted by atomic mass is 9.90. The minimum Gasteiger partial charge on any atom is -0.296 e. The highest BCUT2D eigenvalue weighted by atomic mass is 32.1. The van der Waals surface area contributed by atoms with E-state index in [0.29, 0.717) is 17.0 Å². The fourth-order valence-corrected chi connectivity index (χ4v) is 3.39. The third kappa shape index (κ3) is 3.96. The largest absolute Gasteiger partial charge is 0.296 e. The summed E-state index contributed by atoms with van der Waals surface area (Å²) in [6.07, 6.45) is 4.46. The lowest BCUT2D eigenvalue weighted by molar-refractivity contribution is 0.102. The van der Waals surface area contributed by atoms with Crippen molar-refractivity contribution in [2.75, 3.05) is 5.32 Å². The van der Waals surface area contributed by atoms with E-state index in [-0.39, 0.29) is 11.6 Å². The minimum atomic E-state index is -0.307. The Morgan fingerprint density at radius 3 is 2.58 bits per heavy atom. The third-order valence-electron chi connectivity index (χ3n) is 4.16. The summed E-state index contributed by atoms with van der Waals surface area (Å²) in [5.74, 6) is 0.570. The van der Waals surface area contributed by atoms with E-state index < -0.39 is 0 Å². The molecule has 1 N–H and O–H groups in total. The van der Waals surface area contributed by atoms with Crippen molar-refractivity contribution in [3.8, 4) is 11.3 Å². The lowest BCUT2D eigenvalue weighted by Crippen LogP contribution is -2.13. The van der Waals surface area contributed by atoms with E-state index in [1.807, 2.05) is 5.38 Å². The number of thiazole rings is 1. The van der Waals surface area contributed by atoms with Crippen LogP contribution in [0.3, 0.4) is 0 Å². The summed E-state index contributed by atoms with van der Waals surface area (Å²) in [4.78, 5) is 24.7. The molecule has 0 bridgehead atoms. The molecule has 5 nitrogen and oxygen atoms in total. The van der Waals surface area contributed by atoms with Crippen LogP contribution in [0.2, 0.25) is 0 Å². The van der Waals surface area contributed by atoms with E-state index in [9.17, 15) is 4.79 Å². The molecule has 0 atom stereocenters. The van der Waals surface area contributed by atoms with Crippen LogP contribution in [0.1, 0.15) is 61.1 Å². The number of hydrogen-bond donors (Lipinski definition) is 1. The maximum absolute atomic E-state index is 12.2. The molecule has 0 saturated carbocycles. The average Bonchev–Trinajstić information content (AvgIpc) is 3.10. The Morgan fingerprint density at radius 2 is 1.92 bits per heavy atom. The Morgan fingerprint density at radius 1 is 1.12 bits per heavy atom. The quantitative estimate of drug-likeness (QED) is 0.682. The second kappa shape index (κ2) is 7.74. The summed E-state index contributed by atoms with van der Waals surface area (Å²) in [7, 11) is 0. The van der Waals surface area contributed by atoms with Gasteiger partial charge in [-0.15, -0.1) is 11.3 Å². The van der Waals surface area contributed by atoms with Gasteiger partial charge in [0.2, 0.25) is 0 Å². The standard InChI is InChI=1S/C20H22N4OS/c1-12(2)14-5-6-15(16(9-14)13(3)4)18-11-26-20(23-18)24-19(25)17-10-21-7-8-22-17/h5-13H,1-4H3,(H,23,24,25). The van der Waals surface area contributed by atoms with Crippen molar-refractivity contribution < 1.29 is 4.79 Å². The van der Waals surface area contributed by atoms with Gasteiger partial charge in [-0.05, 0) is 23.0 Å². The van der Waals surface area contributed by atoms with Crippen LogP contribution in [0.15, 0.2) is 42.2 Å². The Kier molecular flexibility index (Phi) is 5.42. The second-order valence-corrected chi connectivity index (χ2v) is 7.60. The highest BCUT2D eigenvalue weighted by Crippen LogP contribution is 2.33. The summed E-state index contributed by atoms with van der Waals surface area (Å²) in [6, 6.07) is 6.55.